The Morgan fingerprint density at radius 2 is 1.79 bits per heavy atom. The average Bonchev–Trinajstić information content (AvgIpc) is 2.69. The van der Waals surface area contributed by atoms with Gasteiger partial charge in [-0.1, -0.05) is 30.3 Å². The lowest BCUT2D eigenvalue weighted by atomic mass is 10.1. The highest BCUT2D eigenvalue weighted by Gasteiger charge is 2.28. The molecule has 0 atom stereocenters. The third-order valence-corrected chi connectivity index (χ3v) is 3.76. The highest BCUT2D eigenvalue weighted by Crippen LogP contribution is 2.20. The topological polar surface area (TPSA) is 60.5 Å². The normalized spacial score (nSPS) is 11.2. The molecule has 0 radical (unpaired) electrons. The van der Waals surface area contributed by atoms with Crippen LogP contribution in [0.25, 0.3) is 10.8 Å². The van der Waals surface area contributed by atoms with Crippen molar-refractivity contribution in [3.05, 3.63) is 66.4 Å². The van der Waals surface area contributed by atoms with Crippen LogP contribution in [0, 0.1) is 0 Å². The Morgan fingerprint density at radius 3 is 2.57 bits per heavy atom. The van der Waals surface area contributed by atoms with Gasteiger partial charge in [0.2, 0.25) is 5.88 Å². The van der Waals surface area contributed by atoms with Crippen molar-refractivity contribution in [2.45, 2.75) is 12.7 Å². The number of nitrogens with zero attached hydrogens (tertiary/aromatic N) is 1. The van der Waals surface area contributed by atoms with Gasteiger partial charge in [0.15, 0.2) is 13.2 Å². The van der Waals surface area contributed by atoms with Gasteiger partial charge in [0.1, 0.15) is 5.75 Å². The fourth-order valence-electron chi connectivity index (χ4n) is 2.45. The first-order valence-corrected chi connectivity index (χ1v) is 8.42. The van der Waals surface area contributed by atoms with E-state index in [0.717, 1.165) is 10.8 Å². The number of amides is 1. The van der Waals surface area contributed by atoms with E-state index in [-0.39, 0.29) is 24.9 Å². The second-order valence-corrected chi connectivity index (χ2v) is 5.98. The van der Waals surface area contributed by atoms with Crippen LogP contribution < -0.4 is 14.8 Å². The number of hydrogen-bond acceptors (Lipinski definition) is 4. The molecule has 0 spiro atoms. The summed E-state index contributed by atoms with van der Waals surface area (Å²) < 4.78 is 46.6. The molecular formula is C20H17F3N2O3. The van der Waals surface area contributed by atoms with E-state index in [0.29, 0.717) is 11.3 Å². The van der Waals surface area contributed by atoms with E-state index in [1.165, 1.54) is 12.3 Å². The lowest BCUT2D eigenvalue weighted by molar-refractivity contribution is -0.154. The minimum Gasteiger partial charge on any atom is -0.484 e. The summed E-state index contributed by atoms with van der Waals surface area (Å²) in [5.41, 5.74) is 0.561. The van der Waals surface area contributed by atoms with Gasteiger partial charge < -0.3 is 14.8 Å². The van der Waals surface area contributed by atoms with Gasteiger partial charge in [-0.2, -0.15) is 13.2 Å². The van der Waals surface area contributed by atoms with Crippen LogP contribution in [0.3, 0.4) is 0 Å². The molecule has 1 heterocycles. The number of alkyl halides is 3. The Labute approximate surface area is 159 Å². The summed E-state index contributed by atoms with van der Waals surface area (Å²) in [5.74, 6) is 0.0554. The Bertz CT molecular complexity index is 961. The maximum atomic E-state index is 12.2. The van der Waals surface area contributed by atoms with E-state index in [9.17, 15) is 18.0 Å². The summed E-state index contributed by atoms with van der Waals surface area (Å²) in [5, 5.41) is 4.71. The van der Waals surface area contributed by atoms with Gasteiger partial charge in [0.05, 0.1) is 0 Å². The molecule has 0 saturated carbocycles. The van der Waals surface area contributed by atoms with Crippen LogP contribution >= 0.6 is 0 Å². The van der Waals surface area contributed by atoms with Crippen LogP contribution in [0.2, 0.25) is 0 Å². The summed E-state index contributed by atoms with van der Waals surface area (Å²) in [6.45, 7) is -1.49. The molecule has 0 aliphatic carbocycles. The second-order valence-electron chi connectivity index (χ2n) is 5.98. The van der Waals surface area contributed by atoms with Crippen molar-refractivity contribution in [1.29, 1.82) is 0 Å². The minimum atomic E-state index is -4.44. The summed E-state index contributed by atoms with van der Waals surface area (Å²) in [7, 11) is 0. The van der Waals surface area contributed by atoms with Crippen molar-refractivity contribution in [3.8, 4) is 11.6 Å². The fourth-order valence-corrected chi connectivity index (χ4v) is 2.45. The molecule has 2 aromatic carbocycles. The molecule has 0 fully saturated rings. The van der Waals surface area contributed by atoms with Crippen LogP contribution in [-0.4, -0.2) is 30.3 Å². The summed E-state index contributed by atoms with van der Waals surface area (Å²) in [4.78, 5) is 15.7. The maximum Gasteiger partial charge on any atom is 0.422 e. The van der Waals surface area contributed by atoms with Crippen molar-refractivity contribution in [2.75, 3.05) is 13.2 Å². The van der Waals surface area contributed by atoms with E-state index in [1.807, 2.05) is 36.4 Å². The number of hydrogen-bond donors (Lipinski definition) is 1. The van der Waals surface area contributed by atoms with E-state index in [1.54, 1.807) is 12.1 Å². The smallest absolute Gasteiger partial charge is 0.422 e. The van der Waals surface area contributed by atoms with Crippen LogP contribution in [0.5, 0.6) is 11.6 Å². The third-order valence-electron chi connectivity index (χ3n) is 3.76. The van der Waals surface area contributed by atoms with Gasteiger partial charge in [-0.3, -0.25) is 4.79 Å². The van der Waals surface area contributed by atoms with Crippen molar-refractivity contribution in [2.24, 2.45) is 0 Å². The van der Waals surface area contributed by atoms with Crippen molar-refractivity contribution < 1.29 is 27.4 Å². The molecular weight excluding hydrogens is 373 g/mol. The first-order chi connectivity index (χ1) is 13.4. The van der Waals surface area contributed by atoms with E-state index >= 15 is 0 Å². The fraction of sp³-hybridized carbons (Fsp3) is 0.200. The third kappa shape index (κ3) is 5.87. The highest BCUT2D eigenvalue weighted by molar-refractivity contribution is 5.84. The van der Waals surface area contributed by atoms with Crippen LogP contribution in [0.15, 0.2) is 60.8 Å². The molecule has 0 saturated heterocycles. The van der Waals surface area contributed by atoms with Gasteiger partial charge in [-0.15, -0.1) is 0 Å². The zero-order valence-corrected chi connectivity index (χ0v) is 14.7. The summed E-state index contributed by atoms with van der Waals surface area (Å²) in [6.07, 6.45) is -3.12. The number of benzene rings is 2. The van der Waals surface area contributed by atoms with Crippen LogP contribution in [0.1, 0.15) is 5.56 Å². The Kier molecular flexibility index (Phi) is 5.98. The number of halogens is 3. The van der Waals surface area contributed by atoms with Crippen LogP contribution in [0.4, 0.5) is 13.2 Å². The quantitative estimate of drug-likeness (QED) is 0.665. The molecule has 0 unspecified atom stereocenters. The predicted molar refractivity (Wildman–Crippen MR) is 97.1 cm³/mol. The number of aromatic nitrogens is 1. The standard InChI is InChI=1S/C20H17F3N2O3/c21-20(22,23)13-28-19-9-14(7-8-24-19)11-25-18(26)12-27-17-6-5-15-3-1-2-4-16(15)10-17/h1-10H,11-13H2,(H,25,26). The first kappa shape index (κ1) is 19.5. The highest BCUT2D eigenvalue weighted by atomic mass is 19.4. The SMILES string of the molecule is O=C(COc1ccc2ccccc2c1)NCc1ccnc(OCC(F)(F)F)c1. The molecule has 1 aromatic heterocycles. The molecule has 0 aliphatic heterocycles. The number of pyridine rings is 1. The monoisotopic (exact) mass is 390 g/mol. The van der Waals surface area contributed by atoms with Crippen LogP contribution in [-0.2, 0) is 11.3 Å². The second kappa shape index (κ2) is 8.60. The summed E-state index contributed by atoms with van der Waals surface area (Å²) in [6, 6.07) is 16.2. The molecule has 5 nitrogen and oxygen atoms in total. The molecule has 28 heavy (non-hydrogen) atoms. The molecule has 1 amide bonds. The zero-order valence-electron chi connectivity index (χ0n) is 14.7. The van der Waals surface area contributed by atoms with E-state index in [2.05, 4.69) is 15.0 Å². The average molecular weight is 390 g/mol. The molecule has 1 N–H and O–H groups in total. The number of ether oxygens (including phenoxy) is 2. The molecule has 8 heteroatoms. The number of fused-ring (bicyclic) bond motifs is 1. The number of rotatable bonds is 7. The molecule has 3 rings (SSSR count). The number of carbonyl (C=O) groups is 1. The molecule has 0 aliphatic rings. The Balaban J connectivity index is 1.48. The van der Waals surface area contributed by atoms with Gasteiger partial charge in [-0.05, 0) is 34.5 Å². The van der Waals surface area contributed by atoms with Gasteiger partial charge in [0.25, 0.3) is 5.91 Å². The number of carbonyl (C=O) groups excluding carboxylic acids is 1. The van der Waals surface area contributed by atoms with Gasteiger partial charge >= 0.3 is 6.18 Å². The Morgan fingerprint density at radius 1 is 1.00 bits per heavy atom. The van der Waals surface area contributed by atoms with Gasteiger partial charge in [-0.25, -0.2) is 4.98 Å². The molecule has 0 bridgehead atoms. The zero-order chi connectivity index (χ0) is 20.0. The number of nitrogens with one attached hydrogen (secondary N) is 1. The van der Waals surface area contributed by atoms with Gasteiger partial charge in [0, 0.05) is 18.8 Å². The van der Waals surface area contributed by atoms with E-state index in [4.69, 9.17) is 4.74 Å². The van der Waals surface area contributed by atoms with E-state index < -0.39 is 12.8 Å². The lowest BCUT2D eigenvalue weighted by Gasteiger charge is -2.10. The molecule has 3 aromatic rings. The van der Waals surface area contributed by atoms with Crippen molar-refractivity contribution in [1.82, 2.24) is 10.3 Å². The Hall–Kier alpha value is -3.29. The lowest BCUT2D eigenvalue weighted by Crippen LogP contribution is -2.28. The predicted octanol–water partition coefficient (Wildman–Crippen LogP) is 3.87. The largest absolute Gasteiger partial charge is 0.484 e. The minimum absolute atomic E-state index is 0.116. The first-order valence-electron chi connectivity index (χ1n) is 8.42. The van der Waals surface area contributed by atoms with Crippen molar-refractivity contribution >= 4 is 16.7 Å². The van der Waals surface area contributed by atoms with Crippen molar-refractivity contribution in [3.63, 3.8) is 0 Å². The summed E-state index contributed by atoms with van der Waals surface area (Å²) >= 11 is 0. The molecule has 146 valence electrons. The maximum absolute atomic E-state index is 12.2.